The first-order valence-corrected chi connectivity index (χ1v) is 8.90. The molecule has 1 amide bonds. The highest BCUT2D eigenvalue weighted by atomic mass is 19.1. The normalized spacial score (nSPS) is 12.2. The number of halogens is 1. The lowest BCUT2D eigenvalue weighted by molar-refractivity contribution is 0.0951. The Kier molecular flexibility index (Phi) is 4.62. The molecule has 27 heavy (non-hydrogen) atoms. The van der Waals surface area contributed by atoms with E-state index in [0.29, 0.717) is 5.56 Å². The molecule has 3 aromatic rings. The van der Waals surface area contributed by atoms with Crippen LogP contribution in [-0.4, -0.2) is 36.4 Å². The minimum atomic E-state index is -0.573. The molecule has 0 fully saturated rings. The van der Waals surface area contributed by atoms with Gasteiger partial charge in [0.25, 0.3) is 5.91 Å². The van der Waals surface area contributed by atoms with Gasteiger partial charge in [0.1, 0.15) is 12.4 Å². The molecule has 0 saturated heterocycles. The number of nitrogens with zero attached hydrogens (tertiary/aromatic N) is 1. The van der Waals surface area contributed by atoms with Crippen molar-refractivity contribution in [2.45, 2.75) is 12.8 Å². The molecule has 138 valence electrons. The van der Waals surface area contributed by atoms with Gasteiger partial charge in [0, 0.05) is 28.8 Å². The van der Waals surface area contributed by atoms with Crippen LogP contribution in [0.2, 0.25) is 0 Å². The Morgan fingerprint density at radius 2 is 2.04 bits per heavy atom. The van der Waals surface area contributed by atoms with Crippen molar-refractivity contribution in [3.63, 3.8) is 0 Å². The Morgan fingerprint density at radius 1 is 1.22 bits per heavy atom. The third-order valence-electron chi connectivity index (χ3n) is 4.89. The summed E-state index contributed by atoms with van der Waals surface area (Å²) in [5.74, 6) is 0.588. The predicted molar refractivity (Wildman–Crippen MR) is 102 cm³/mol. The minimum absolute atomic E-state index is 0.0254. The number of alkyl halides is 1. The van der Waals surface area contributed by atoms with Gasteiger partial charge in [0.05, 0.1) is 18.5 Å². The van der Waals surface area contributed by atoms with Crippen molar-refractivity contribution in [2.75, 3.05) is 20.3 Å². The number of carbonyl (C=O) groups is 1. The highest BCUT2D eigenvalue weighted by molar-refractivity contribution is 5.94. The molecule has 1 heterocycles. The molecule has 2 N–H and O–H groups in total. The highest BCUT2D eigenvalue weighted by Gasteiger charge is 2.23. The van der Waals surface area contributed by atoms with Gasteiger partial charge in [-0.05, 0) is 48.7 Å². The second kappa shape index (κ2) is 7.23. The number of amides is 1. The fourth-order valence-corrected chi connectivity index (χ4v) is 3.52. The van der Waals surface area contributed by atoms with Gasteiger partial charge < -0.3 is 10.1 Å². The van der Waals surface area contributed by atoms with Crippen LogP contribution >= 0.6 is 0 Å². The van der Waals surface area contributed by atoms with E-state index in [1.54, 1.807) is 19.2 Å². The Balaban J connectivity index is 1.63. The number of nitrogens with one attached hydrogen (secondary N) is 2. The third kappa shape index (κ3) is 3.18. The largest absolute Gasteiger partial charge is 0.497 e. The molecule has 4 rings (SSSR count). The smallest absolute Gasteiger partial charge is 0.251 e. The molecule has 0 unspecified atom stereocenters. The second-order valence-corrected chi connectivity index (χ2v) is 6.47. The number of aromatic amines is 1. The van der Waals surface area contributed by atoms with Crippen molar-refractivity contribution in [2.24, 2.45) is 0 Å². The lowest BCUT2D eigenvalue weighted by atomic mass is 9.87. The molecule has 0 saturated carbocycles. The van der Waals surface area contributed by atoms with Gasteiger partial charge in [-0.3, -0.25) is 9.89 Å². The Hall–Kier alpha value is -3.15. The van der Waals surface area contributed by atoms with Crippen molar-refractivity contribution < 1.29 is 13.9 Å². The van der Waals surface area contributed by atoms with Crippen LogP contribution in [0.4, 0.5) is 4.39 Å². The van der Waals surface area contributed by atoms with E-state index in [2.05, 4.69) is 27.6 Å². The molecule has 1 aliphatic carbocycles. The zero-order valence-corrected chi connectivity index (χ0v) is 15.0. The highest BCUT2D eigenvalue weighted by Crippen LogP contribution is 2.38. The average molecular weight is 365 g/mol. The van der Waals surface area contributed by atoms with Crippen molar-refractivity contribution in [1.29, 1.82) is 0 Å². The third-order valence-corrected chi connectivity index (χ3v) is 4.89. The van der Waals surface area contributed by atoms with Gasteiger partial charge in [-0.1, -0.05) is 12.1 Å². The average Bonchev–Trinajstić information content (AvgIpc) is 3.16. The van der Waals surface area contributed by atoms with Crippen molar-refractivity contribution in [3.05, 3.63) is 59.2 Å². The number of hydrogen-bond donors (Lipinski definition) is 2. The zero-order valence-electron chi connectivity index (χ0n) is 15.0. The standard InChI is InChI=1S/C21H20FN3O2/c1-27-16-7-9-17-15(12-16)6-8-18-19(24-25-20(17)18)13-2-4-14(5-3-13)21(26)23-11-10-22/h2-5,7,9,12H,6,8,10-11H2,1H3,(H,23,26)(H,24,25). The van der Waals surface area contributed by atoms with Crippen LogP contribution in [-0.2, 0) is 12.8 Å². The summed E-state index contributed by atoms with van der Waals surface area (Å²) in [5, 5.41) is 10.2. The fraction of sp³-hybridized carbons (Fsp3) is 0.238. The summed E-state index contributed by atoms with van der Waals surface area (Å²) >= 11 is 0. The molecule has 0 spiro atoms. The summed E-state index contributed by atoms with van der Waals surface area (Å²) in [5.41, 5.74) is 6.98. The summed E-state index contributed by atoms with van der Waals surface area (Å²) in [4.78, 5) is 11.9. The van der Waals surface area contributed by atoms with Crippen LogP contribution in [0.1, 0.15) is 21.5 Å². The minimum Gasteiger partial charge on any atom is -0.497 e. The molecule has 0 atom stereocenters. The first kappa shape index (κ1) is 17.3. The van der Waals surface area contributed by atoms with Crippen molar-refractivity contribution in [3.8, 4) is 28.3 Å². The quantitative estimate of drug-likeness (QED) is 0.727. The van der Waals surface area contributed by atoms with Crippen LogP contribution in [0, 0.1) is 0 Å². The van der Waals surface area contributed by atoms with Crippen LogP contribution in [0.3, 0.4) is 0 Å². The second-order valence-electron chi connectivity index (χ2n) is 6.47. The SMILES string of the molecule is COc1ccc2c(c1)CCc1c(-c3ccc(C(=O)NCCF)cc3)n[nH]c1-2. The van der Waals surface area contributed by atoms with E-state index in [-0.39, 0.29) is 12.5 Å². The van der Waals surface area contributed by atoms with E-state index in [1.165, 1.54) is 11.1 Å². The maximum Gasteiger partial charge on any atom is 0.251 e. The van der Waals surface area contributed by atoms with Gasteiger partial charge in [-0.25, -0.2) is 4.39 Å². The molecular formula is C21H20FN3O2. The van der Waals surface area contributed by atoms with E-state index in [0.717, 1.165) is 41.1 Å². The van der Waals surface area contributed by atoms with Crippen LogP contribution < -0.4 is 10.1 Å². The topological polar surface area (TPSA) is 67.0 Å². The van der Waals surface area contributed by atoms with E-state index in [9.17, 15) is 9.18 Å². The van der Waals surface area contributed by atoms with Gasteiger partial charge >= 0.3 is 0 Å². The van der Waals surface area contributed by atoms with Gasteiger partial charge in [-0.2, -0.15) is 5.10 Å². The fourth-order valence-electron chi connectivity index (χ4n) is 3.52. The van der Waals surface area contributed by atoms with E-state index < -0.39 is 6.67 Å². The number of carbonyl (C=O) groups excluding carboxylic acids is 1. The van der Waals surface area contributed by atoms with Crippen LogP contribution in [0.5, 0.6) is 5.75 Å². The molecule has 0 aliphatic heterocycles. The number of ether oxygens (including phenoxy) is 1. The van der Waals surface area contributed by atoms with E-state index in [4.69, 9.17) is 4.74 Å². The maximum absolute atomic E-state index is 12.2. The zero-order chi connectivity index (χ0) is 18.8. The van der Waals surface area contributed by atoms with Crippen molar-refractivity contribution in [1.82, 2.24) is 15.5 Å². The first-order valence-electron chi connectivity index (χ1n) is 8.90. The van der Waals surface area contributed by atoms with Gasteiger partial charge in [-0.15, -0.1) is 0 Å². The molecule has 1 aromatic heterocycles. The number of benzene rings is 2. The molecule has 0 radical (unpaired) electrons. The number of rotatable bonds is 5. The molecular weight excluding hydrogens is 345 g/mol. The number of fused-ring (bicyclic) bond motifs is 3. The maximum atomic E-state index is 12.2. The summed E-state index contributed by atoms with van der Waals surface area (Å²) < 4.78 is 17.5. The lowest BCUT2D eigenvalue weighted by Gasteiger charge is -2.17. The predicted octanol–water partition coefficient (Wildman–Crippen LogP) is 3.55. The van der Waals surface area contributed by atoms with E-state index >= 15 is 0 Å². The molecule has 5 nitrogen and oxygen atoms in total. The molecule has 2 aromatic carbocycles. The Bertz CT molecular complexity index is 980. The molecule has 1 aliphatic rings. The van der Waals surface area contributed by atoms with Crippen molar-refractivity contribution >= 4 is 5.91 Å². The molecule has 0 bridgehead atoms. The number of hydrogen-bond acceptors (Lipinski definition) is 3. The number of aromatic nitrogens is 2. The monoisotopic (exact) mass is 365 g/mol. The summed E-state index contributed by atoms with van der Waals surface area (Å²) in [6, 6.07) is 13.3. The van der Waals surface area contributed by atoms with E-state index in [1.807, 2.05) is 18.2 Å². The van der Waals surface area contributed by atoms with Crippen LogP contribution in [0.25, 0.3) is 22.5 Å². The number of methoxy groups -OCH3 is 1. The van der Waals surface area contributed by atoms with Gasteiger partial charge in [0.2, 0.25) is 0 Å². The Labute approximate surface area is 156 Å². The van der Waals surface area contributed by atoms with Gasteiger partial charge in [0.15, 0.2) is 0 Å². The lowest BCUT2D eigenvalue weighted by Crippen LogP contribution is -2.25. The number of H-pyrrole nitrogens is 1. The Morgan fingerprint density at radius 3 is 2.78 bits per heavy atom. The summed E-state index contributed by atoms with van der Waals surface area (Å²) in [7, 11) is 1.67. The number of aryl methyl sites for hydroxylation is 1. The summed E-state index contributed by atoms with van der Waals surface area (Å²) in [6.45, 7) is -0.547. The summed E-state index contributed by atoms with van der Waals surface area (Å²) in [6.07, 6.45) is 1.82. The first-order chi connectivity index (χ1) is 13.2. The molecule has 6 heteroatoms. The van der Waals surface area contributed by atoms with Crippen LogP contribution in [0.15, 0.2) is 42.5 Å².